The number of nitrogens with one attached hydrogen (secondary N) is 1. The molecule has 0 radical (unpaired) electrons. The first kappa shape index (κ1) is 19.4. The number of para-hydroxylation sites is 1. The van der Waals surface area contributed by atoms with E-state index in [1.807, 2.05) is 18.2 Å². The van der Waals surface area contributed by atoms with Crippen LogP contribution in [0, 0.1) is 5.82 Å². The highest BCUT2D eigenvalue weighted by Gasteiger charge is 2.15. The molecule has 7 heteroatoms. The number of pyridine rings is 1. The summed E-state index contributed by atoms with van der Waals surface area (Å²) in [7, 11) is 0. The van der Waals surface area contributed by atoms with Crippen LogP contribution in [0.3, 0.4) is 0 Å². The zero-order valence-electron chi connectivity index (χ0n) is 16.0. The SMILES string of the molecule is O=C(/C=C/c1ccc(Oc2cccnc2)c(F)c1)NCc1cccc2c1OCCO2. The summed E-state index contributed by atoms with van der Waals surface area (Å²) in [5, 5.41) is 2.79. The van der Waals surface area contributed by atoms with Crippen LogP contribution in [0.4, 0.5) is 4.39 Å². The van der Waals surface area contributed by atoms with E-state index in [2.05, 4.69) is 10.3 Å². The number of fused-ring (bicyclic) bond motifs is 1. The molecule has 0 fully saturated rings. The molecule has 0 saturated carbocycles. The normalized spacial score (nSPS) is 12.6. The molecule has 1 amide bonds. The van der Waals surface area contributed by atoms with Gasteiger partial charge in [0.2, 0.25) is 5.91 Å². The van der Waals surface area contributed by atoms with Gasteiger partial charge in [0.05, 0.1) is 6.20 Å². The van der Waals surface area contributed by atoms with Crippen LogP contribution in [0.15, 0.2) is 67.0 Å². The van der Waals surface area contributed by atoms with Gasteiger partial charge in [-0.3, -0.25) is 9.78 Å². The smallest absolute Gasteiger partial charge is 0.244 e. The molecule has 152 valence electrons. The van der Waals surface area contributed by atoms with Crippen molar-refractivity contribution in [3.8, 4) is 23.0 Å². The van der Waals surface area contributed by atoms with Gasteiger partial charge in [0.1, 0.15) is 19.0 Å². The number of rotatable bonds is 6. The molecule has 2 heterocycles. The lowest BCUT2D eigenvalue weighted by molar-refractivity contribution is -0.116. The molecule has 1 aromatic heterocycles. The molecular formula is C23H19FN2O4. The van der Waals surface area contributed by atoms with E-state index in [1.54, 1.807) is 24.4 Å². The Balaban J connectivity index is 1.36. The van der Waals surface area contributed by atoms with Gasteiger partial charge in [0, 0.05) is 24.4 Å². The van der Waals surface area contributed by atoms with E-state index in [-0.39, 0.29) is 11.7 Å². The molecule has 0 aliphatic carbocycles. The molecule has 0 bridgehead atoms. The number of benzene rings is 2. The van der Waals surface area contributed by atoms with Crippen LogP contribution in [0.1, 0.15) is 11.1 Å². The van der Waals surface area contributed by atoms with Crippen LogP contribution in [-0.2, 0) is 11.3 Å². The summed E-state index contributed by atoms with van der Waals surface area (Å²) < 4.78 is 30.9. The average Bonchev–Trinajstić information content (AvgIpc) is 2.78. The summed E-state index contributed by atoms with van der Waals surface area (Å²) in [5.41, 5.74) is 1.37. The van der Waals surface area contributed by atoms with Crippen molar-refractivity contribution in [3.63, 3.8) is 0 Å². The Morgan fingerprint density at radius 3 is 2.90 bits per heavy atom. The average molecular weight is 406 g/mol. The minimum Gasteiger partial charge on any atom is -0.486 e. The van der Waals surface area contributed by atoms with Crippen LogP contribution < -0.4 is 19.5 Å². The number of aromatic nitrogens is 1. The number of hydrogen-bond acceptors (Lipinski definition) is 5. The van der Waals surface area contributed by atoms with Crippen molar-refractivity contribution in [3.05, 3.63) is 83.9 Å². The second-order valence-electron chi connectivity index (χ2n) is 6.47. The third-order valence-electron chi connectivity index (χ3n) is 4.35. The molecule has 0 unspecified atom stereocenters. The minimum absolute atomic E-state index is 0.0840. The van der Waals surface area contributed by atoms with Gasteiger partial charge in [-0.2, -0.15) is 0 Å². The van der Waals surface area contributed by atoms with E-state index in [0.29, 0.717) is 42.6 Å². The van der Waals surface area contributed by atoms with Crippen LogP contribution in [0.25, 0.3) is 6.08 Å². The van der Waals surface area contributed by atoms with Crippen molar-refractivity contribution in [1.29, 1.82) is 0 Å². The molecule has 30 heavy (non-hydrogen) atoms. The van der Waals surface area contributed by atoms with Crippen molar-refractivity contribution in [2.24, 2.45) is 0 Å². The highest BCUT2D eigenvalue weighted by Crippen LogP contribution is 2.33. The number of hydrogen-bond donors (Lipinski definition) is 1. The van der Waals surface area contributed by atoms with Crippen molar-refractivity contribution in [1.82, 2.24) is 10.3 Å². The summed E-state index contributed by atoms with van der Waals surface area (Å²) in [4.78, 5) is 16.1. The summed E-state index contributed by atoms with van der Waals surface area (Å²) in [6.45, 7) is 1.28. The standard InChI is InChI=1S/C23H19FN2O4/c24-19-13-16(6-8-20(19)30-18-4-2-10-25-15-18)7-9-22(27)26-14-17-3-1-5-21-23(17)29-12-11-28-21/h1-10,13,15H,11-12,14H2,(H,26,27)/b9-7+. The van der Waals surface area contributed by atoms with Crippen molar-refractivity contribution in [2.45, 2.75) is 6.54 Å². The van der Waals surface area contributed by atoms with Crippen LogP contribution >= 0.6 is 0 Å². The Hall–Kier alpha value is -3.87. The van der Waals surface area contributed by atoms with Gasteiger partial charge < -0.3 is 19.5 Å². The maximum absolute atomic E-state index is 14.3. The molecule has 6 nitrogen and oxygen atoms in total. The van der Waals surface area contributed by atoms with Crippen molar-refractivity contribution < 1.29 is 23.4 Å². The van der Waals surface area contributed by atoms with Crippen LogP contribution in [0.5, 0.6) is 23.0 Å². The Bertz CT molecular complexity index is 1070. The quantitative estimate of drug-likeness (QED) is 0.624. The van der Waals surface area contributed by atoms with E-state index >= 15 is 0 Å². The van der Waals surface area contributed by atoms with Crippen LogP contribution in [0.2, 0.25) is 0 Å². The molecule has 1 aliphatic heterocycles. The number of carbonyl (C=O) groups is 1. The van der Waals surface area contributed by atoms with Crippen LogP contribution in [-0.4, -0.2) is 24.1 Å². The monoisotopic (exact) mass is 406 g/mol. The van der Waals surface area contributed by atoms with Gasteiger partial charge in [0.25, 0.3) is 0 Å². The first-order valence-electron chi connectivity index (χ1n) is 9.40. The third kappa shape index (κ3) is 4.75. The number of nitrogens with zero attached hydrogens (tertiary/aromatic N) is 1. The fourth-order valence-corrected chi connectivity index (χ4v) is 2.92. The second kappa shape index (κ2) is 9.09. The van der Waals surface area contributed by atoms with Gasteiger partial charge in [-0.05, 0) is 42.0 Å². The number of ether oxygens (including phenoxy) is 3. The molecular weight excluding hydrogens is 387 g/mol. The third-order valence-corrected chi connectivity index (χ3v) is 4.35. The summed E-state index contributed by atoms with van der Waals surface area (Å²) >= 11 is 0. The summed E-state index contributed by atoms with van der Waals surface area (Å²) in [6.07, 6.45) is 5.99. The first-order chi connectivity index (χ1) is 14.7. The molecule has 4 rings (SSSR count). The molecule has 1 N–H and O–H groups in total. The highest BCUT2D eigenvalue weighted by atomic mass is 19.1. The molecule has 3 aromatic rings. The lowest BCUT2D eigenvalue weighted by Gasteiger charge is -2.20. The van der Waals surface area contributed by atoms with E-state index in [9.17, 15) is 9.18 Å². The maximum Gasteiger partial charge on any atom is 0.244 e. The highest BCUT2D eigenvalue weighted by molar-refractivity contribution is 5.91. The molecule has 0 spiro atoms. The van der Waals surface area contributed by atoms with Crippen molar-refractivity contribution in [2.75, 3.05) is 13.2 Å². The van der Waals surface area contributed by atoms with E-state index in [0.717, 1.165) is 5.56 Å². The number of halogens is 1. The van der Waals surface area contributed by atoms with Gasteiger partial charge in [0.15, 0.2) is 23.1 Å². The molecule has 0 saturated heterocycles. The number of amides is 1. The Morgan fingerprint density at radius 1 is 1.17 bits per heavy atom. The summed E-state index contributed by atoms with van der Waals surface area (Å²) in [5.74, 6) is 1.01. The van der Waals surface area contributed by atoms with Gasteiger partial charge in [-0.15, -0.1) is 0 Å². The van der Waals surface area contributed by atoms with E-state index < -0.39 is 5.82 Å². The lowest BCUT2D eigenvalue weighted by Crippen LogP contribution is -2.22. The Labute approximate surface area is 172 Å². The van der Waals surface area contributed by atoms with Crippen molar-refractivity contribution >= 4 is 12.0 Å². The maximum atomic E-state index is 14.3. The predicted octanol–water partition coefficient (Wildman–Crippen LogP) is 4.11. The second-order valence-corrected chi connectivity index (χ2v) is 6.47. The Morgan fingerprint density at radius 2 is 2.07 bits per heavy atom. The molecule has 2 aromatic carbocycles. The lowest BCUT2D eigenvalue weighted by atomic mass is 10.1. The van der Waals surface area contributed by atoms with E-state index in [1.165, 1.54) is 30.5 Å². The first-order valence-corrected chi connectivity index (χ1v) is 9.40. The fraction of sp³-hybridized carbons (Fsp3) is 0.130. The van der Waals surface area contributed by atoms with Gasteiger partial charge >= 0.3 is 0 Å². The summed E-state index contributed by atoms with van der Waals surface area (Å²) in [6, 6.07) is 13.4. The zero-order chi connectivity index (χ0) is 20.8. The molecule has 1 aliphatic rings. The Kier molecular flexibility index (Phi) is 5.89. The topological polar surface area (TPSA) is 69.7 Å². The number of carbonyl (C=O) groups excluding carboxylic acids is 1. The fourth-order valence-electron chi connectivity index (χ4n) is 2.92. The predicted molar refractivity (Wildman–Crippen MR) is 109 cm³/mol. The van der Waals surface area contributed by atoms with Gasteiger partial charge in [-0.1, -0.05) is 18.2 Å². The molecule has 0 atom stereocenters. The van der Waals surface area contributed by atoms with E-state index in [4.69, 9.17) is 14.2 Å². The largest absolute Gasteiger partial charge is 0.486 e. The zero-order valence-corrected chi connectivity index (χ0v) is 16.0. The minimum atomic E-state index is -0.533. The van der Waals surface area contributed by atoms with Gasteiger partial charge in [-0.25, -0.2) is 4.39 Å².